The molecule has 3 heterocycles. The molecule has 0 saturated carbocycles. The number of benzene rings is 1. The summed E-state index contributed by atoms with van der Waals surface area (Å²) in [6.45, 7) is 3.74. The summed E-state index contributed by atoms with van der Waals surface area (Å²) < 4.78 is 25.5. The second kappa shape index (κ2) is 6.71. The molecule has 4 rings (SSSR count). The van der Waals surface area contributed by atoms with Crippen LogP contribution in [-0.4, -0.2) is 47.0 Å². The van der Waals surface area contributed by atoms with E-state index in [2.05, 4.69) is 15.3 Å². The third-order valence-corrected chi connectivity index (χ3v) is 5.55. The van der Waals surface area contributed by atoms with Crippen LogP contribution in [0.15, 0.2) is 18.2 Å². The maximum atomic E-state index is 12.7. The number of imidazole rings is 1. The Labute approximate surface area is 144 Å². The molecule has 2 aliphatic heterocycles. The largest absolute Gasteiger partial charge is 0.339 e. The summed E-state index contributed by atoms with van der Waals surface area (Å²) in [7, 11) is 0. The smallest absolute Gasteiger partial charge is 0.295 e. The van der Waals surface area contributed by atoms with Crippen molar-refractivity contribution in [1.82, 2.24) is 20.2 Å². The Morgan fingerprint density at radius 1 is 1.20 bits per heavy atom. The first-order valence-corrected chi connectivity index (χ1v) is 8.89. The zero-order chi connectivity index (χ0) is 17.4. The zero-order valence-corrected chi connectivity index (χ0v) is 14.0. The Hall–Kier alpha value is -2.02. The van der Waals surface area contributed by atoms with Crippen molar-refractivity contribution in [1.29, 1.82) is 0 Å². The van der Waals surface area contributed by atoms with E-state index in [1.54, 1.807) is 18.2 Å². The van der Waals surface area contributed by atoms with Gasteiger partial charge in [-0.15, -0.1) is 0 Å². The van der Waals surface area contributed by atoms with E-state index in [0.717, 1.165) is 44.9 Å². The summed E-state index contributed by atoms with van der Waals surface area (Å²) in [6, 6.07) is 4.93. The number of likely N-dealkylation sites (tertiary alicyclic amines) is 1. The van der Waals surface area contributed by atoms with E-state index in [4.69, 9.17) is 0 Å². The lowest BCUT2D eigenvalue weighted by Gasteiger charge is -2.34. The van der Waals surface area contributed by atoms with Crippen molar-refractivity contribution in [2.45, 2.75) is 25.7 Å². The average molecular weight is 348 g/mol. The van der Waals surface area contributed by atoms with Gasteiger partial charge in [-0.3, -0.25) is 4.79 Å². The molecule has 25 heavy (non-hydrogen) atoms. The summed E-state index contributed by atoms with van der Waals surface area (Å²) in [4.78, 5) is 21.1. The number of alkyl halides is 2. The highest BCUT2D eigenvalue weighted by atomic mass is 19.3. The molecule has 0 bridgehead atoms. The maximum Gasteiger partial charge on any atom is 0.295 e. The van der Waals surface area contributed by atoms with Crippen LogP contribution in [0.2, 0.25) is 0 Å². The molecule has 2 aliphatic rings. The van der Waals surface area contributed by atoms with Gasteiger partial charge in [-0.25, -0.2) is 13.8 Å². The van der Waals surface area contributed by atoms with Gasteiger partial charge in [-0.1, -0.05) is 0 Å². The molecule has 7 heteroatoms. The van der Waals surface area contributed by atoms with Crippen molar-refractivity contribution < 1.29 is 13.6 Å². The van der Waals surface area contributed by atoms with Gasteiger partial charge >= 0.3 is 0 Å². The van der Waals surface area contributed by atoms with Crippen LogP contribution >= 0.6 is 0 Å². The molecule has 0 aliphatic carbocycles. The minimum Gasteiger partial charge on any atom is -0.339 e. The number of nitrogens with one attached hydrogen (secondary N) is 2. The van der Waals surface area contributed by atoms with Gasteiger partial charge in [0, 0.05) is 18.7 Å². The second-order valence-corrected chi connectivity index (χ2v) is 7.04. The van der Waals surface area contributed by atoms with E-state index < -0.39 is 6.43 Å². The highest BCUT2D eigenvalue weighted by Gasteiger charge is 2.30. The Kier molecular flexibility index (Phi) is 4.41. The molecule has 1 amide bonds. The molecule has 2 fully saturated rings. The van der Waals surface area contributed by atoms with Crippen LogP contribution in [0.25, 0.3) is 11.0 Å². The molecule has 0 spiro atoms. The van der Waals surface area contributed by atoms with Crippen LogP contribution < -0.4 is 5.32 Å². The van der Waals surface area contributed by atoms with Gasteiger partial charge in [0.05, 0.1) is 11.0 Å². The molecule has 1 aromatic carbocycles. The Morgan fingerprint density at radius 2 is 2.00 bits per heavy atom. The first-order chi connectivity index (χ1) is 12.1. The van der Waals surface area contributed by atoms with Crippen molar-refractivity contribution in [3.05, 3.63) is 29.6 Å². The minimum absolute atomic E-state index is 0.0295. The molecule has 1 unspecified atom stereocenters. The number of amides is 1. The van der Waals surface area contributed by atoms with Crippen LogP contribution in [0.5, 0.6) is 0 Å². The number of nitrogens with zero attached hydrogens (tertiary/aromatic N) is 2. The normalized spacial score (nSPS) is 22.2. The van der Waals surface area contributed by atoms with E-state index in [9.17, 15) is 13.6 Å². The quantitative estimate of drug-likeness (QED) is 0.896. The number of hydrogen-bond acceptors (Lipinski definition) is 3. The molecular weight excluding hydrogens is 326 g/mol. The number of fused-ring (bicyclic) bond motifs is 1. The molecule has 2 saturated heterocycles. The number of H-pyrrole nitrogens is 1. The number of aromatic nitrogens is 2. The number of rotatable bonds is 3. The van der Waals surface area contributed by atoms with E-state index in [-0.39, 0.29) is 11.7 Å². The molecule has 2 N–H and O–H groups in total. The van der Waals surface area contributed by atoms with E-state index in [1.807, 2.05) is 4.90 Å². The first-order valence-electron chi connectivity index (χ1n) is 8.89. The number of hydrogen-bond donors (Lipinski definition) is 2. The van der Waals surface area contributed by atoms with E-state index in [0.29, 0.717) is 22.5 Å². The maximum absolute atomic E-state index is 12.7. The molecule has 1 atom stereocenters. The van der Waals surface area contributed by atoms with Crippen molar-refractivity contribution in [3.8, 4) is 0 Å². The van der Waals surface area contributed by atoms with Gasteiger partial charge in [-0.05, 0) is 62.4 Å². The summed E-state index contributed by atoms with van der Waals surface area (Å²) in [5.74, 6) is 1.05. The third-order valence-electron chi connectivity index (χ3n) is 5.55. The van der Waals surface area contributed by atoms with Crippen molar-refractivity contribution in [3.63, 3.8) is 0 Å². The number of carbonyl (C=O) groups is 1. The predicted octanol–water partition coefficient (Wildman–Crippen LogP) is 2.96. The summed E-state index contributed by atoms with van der Waals surface area (Å²) in [5.41, 5.74) is 1.46. The highest BCUT2D eigenvalue weighted by Crippen LogP contribution is 2.29. The average Bonchev–Trinajstić information content (AvgIpc) is 3.30. The summed E-state index contributed by atoms with van der Waals surface area (Å²) >= 11 is 0. The van der Waals surface area contributed by atoms with Crippen molar-refractivity contribution in [2.24, 2.45) is 11.8 Å². The first kappa shape index (κ1) is 16.4. The SMILES string of the molecule is O=C(c1ccc2nc(C(F)F)[nH]c2c1)N1CCC(C2CCNC2)CC1. The Bertz CT molecular complexity index is 762. The van der Waals surface area contributed by atoms with Crippen LogP contribution in [0.3, 0.4) is 0 Å². The van der Waals surface area contributed by atoms with Gasteiger partial charge < -0.3 is 15.2 Å². The van der Waals surface area contributed by atoms with Crippen LogP contribution in [0.1, 0.15) is 41.9 Å². The fourth-order valence-electron chi connectivity index (χ4n) is 4.10. The zero-order valence-electron chi connectivity index (χ0n) is 14.0. The topological polar surface area (TPSA) is 61.0 Å². The van der Waals surface area contributed by atoms with Crippen LogP contribution in [0, 0.1) is 11.8 Å². The minimum atomic E-state index is -2.64. The molecule has 5 nitrogen and oxygen atoms in total. The lowest BCUT2D eigenvalue weighted by atomic mass is 9.83. The summed E-state index contributed by atoms with van der Waals surface area (Å²) in [5, 5.41) is 3.41. The van der Waals surface area contributed by atoms with E-state index in [1.165, 1.54) is 6.42 Å². The number of halogens is 2. The monoisotopic (exact) mass is 348 g/mol. The lowest BCUT2D eigenvalue weighted by Crippen LogP contribution is -2.40. The van der Waals surface area contributed by atoms with Gasteiger partial charge in [0.1, 0.15) is 0 Å². The van der Waals surface area contributed by atoms with E-state index >= 15 is 0 Å². The second-order valence-electron chi connectivity index (χ2n) is 7.04. The van der Waals surface area contributed by atoms with Crippen molar-refractivity contribution >= 4 is 16.9 Å². The Balaban J connectivity index is 1.44. The van der Waals surface area contributed by atoms with Crippen LogP contribution in [-0.2, 0) is 0 Å². The number of carbonyl (C=O) groups excluding carboxylic acids is 1. The molecule has 2 aromatic rings. The molecule has 134 valence electrons. The fourth-order valence-corrected chi connectivity index (χ4v) is 4.10. The molecule has 1 aromatic heterocycles. The predicted molar refractivity (Wildman–Crippen MR) is 90.7 cm³/mol. The highest BCUT2D eigenvalue weighted by molar-refractivity contribution is 5.97. The van der Waals surface area contributed by atoms with Gasteiger partial charge in [0.15, 0.2) is 5.82 Å². The lowest BCUT2D eigenvalue weighted by molar-refractivity contribution is 0.0663. The standard InChI is InChI=1S/C18H22F2N4O/c19-16(20)17-22-14-2-1-12(9-15(14)23-17)18(25)24-7-4-11(5-8-24)13-3-6-21-10-13/h1-2,9,11,13,16,21H,3-8,10H2,(H,22,23). The summed E-state index contributed by atoms with van der Waals surface area (Å²) in [6.07, 6.45) is 0.678. The third kappa shape index (κ3) is 3.25. The number of aromatic amines is 1. The molecular formula is C18H22F2N4O. The van der Waals surface area contributed by atoms with Crippen molar-refractivity contribution in [2.75, 3.05) is 26.2 Å². The van der Waals surface area contributed by atoms with Crippen LogP contribution in [0.4, 0.5) is 8.78 Å². The van der Waals surface area contributed by atoms with Gasteiger partial charge in [0.25, 0.3) is 12.3 Å². The van der Waals surface area contributed by atoms with Gasteiger partial charge in [-0.2, -0.15) is 0 Å². The number of piperidine rings is 1. The Morgan fingerprint density at radius 3 is 2.68 bits per heavy atom. The fraction of sp³-hybridized carbons (Fsp3) is 0.556. The van der Waals surface area contributed by atoms with Gasteiger partial charge in [0.2, 0.25) is 0 Å². The molecule has 0 radical (unpaired) electrons.